The molecule has 0 spiro atoms. The van der Waals surface area contributed by atoms with Crippen LogP contribution in [0, 0.1) is 0 Å². The second-order valence-electron chi connectivity index (χ2n) is 5.61. The molecule has 0 unspecified atom stereocenters. The van der Waals surface area contributed by atoms with Crippen LogP contribution in [0.2, 0.25) is 10.0 Å². The van der Waals surface area contributed by atoms with Gasteiger partial charge in [0.05, 0.1) is 23.9 Å². The van der Waals surface area contributed by atoms with Gasteiger partial charge in [-0.25, -0.2) is 9.59 Å². The fourth-order valence-corrected chi connectivity index (χ4v) is 3.19. The molecule has 0 radical (unpaired) electrons. The molecule has 7 heteroatoms. The number of halogens is 2. The molecule has 2 aromatic carbocycles. The molecular weight excluding hydrogens is 375 g/mol. The molecule has 2 N–H and O–H groups in total. The zero-order valence-electron chi connectivity index (χ0n) is 13.9. The molecule has 0 saturated heterocycles. The van der Waals surface area contributed by atoms with Crippen LogP contribution in [0.4, 0.5) is 4.79 Å². The highest BCUT2D eigenvalue weighted by Gasteiger charge is 2.34. The first-order valence-corrected chi connectivity index (χ1v) is 8.75. The van der Waals surface area contributed by atoms with Crippen LogP contribution in [-0.4, -0.2) is 18.6 Å². The van der Waals surface area contributed by atoms with E-state index in [-0.39, 0.29) is 12.2 Å². The van der Waals surface area contributed by atoms with E-state index in [2.05, 4.69) is 10.6 Å². The minimum Gasteiger partial charge on any atom is -0.463 e. The van der Waals surface area contributed by atoms with E-state index in [1.165, 1.54) is 0 Å². The van der Waals surface area contributed by atoms with Gasteiger partial charge in [-0.3, -0.25) is 0 Å². The number of amides is 2. The van der Waals surface area contributed by atoms with Crippen LogP contribution >= 0.6 is 23.2 Å². The van der Waals surface area contributed by atoms with Crippen molar-refractivity contribution in [2.24, 2.45) is 0 Å². The number of rotatable bonds is 4. The van der Waals surface area contributed by atoms with Crippen LogP contribution in [0.15, 0.2) is 54.1 Å². The van der Waals surface area contributed by atoms with Gasteiger partial charge in [0, 0.05) is 15.6 Å². The molecule has 0 saturated carbocycles. The summed E-state index contributed by atoms with van der Waals surface area (Å²) in [4.78, 5) is 25.0. The van der Waals surface area contributed by atoms with Crippen LogP contribution in [0.1, 0.15) is 24.1 Å². The average molecular weight is 391 g/mol. The van der Waals surface area contributed by atoms with Gasteiger partial charge >= 0.3 is 12.0 Å². The predicted octanol–water partition coefficient (Wildman–Crippen LogP) is 4.32. The highest BCUT2D eigenvalue weighted by atomic mass is 35.5. The number of carbonyl (C=O) groups is 2. The van der Waals surface area contributed by atoms with E-state index in [0.717, 1.165) is 0 Å². The summed E-state index contributed by atoms with van der Waals surface area (Å²) in [6.07, 6.45) is 0. The van der Waals surface area contributed by atoms with Gasteiger partial charge in [-0.05, 0) is 36.8 Å². The minimum atomic E-state index is -0.699. The van der Waals surface area contributed by atoms with Crippen LogP contribution in [0.3, 0.4) is 0 Å². The Morgan fingerprint density at radius 3 is 2.46 bits per heavy atom. The van der Waals surface area contributed by atoms with E-state index in [9.17, 15) is 9.59 Å². The largest absolute Gasteiger partial charge is 0.463 e. The number of ether oxygens (including phenoxy) is 1. The van der Waals surface area contributed by atoms with Crippen molar-refractivity contribution in [2.45, 2.75) is 13.0 Å². The van der Waals surface area contributed by atoms with Gasteiger partial charge < -0.3 is 15.4 Å². The quantitative estimate of drug-likeness (QED) is 0.763. The SMILES string of the molecule is CCOC(=O)C1=C(c2cccc(Cl)c2)NC(=O)N[C@@H]1c1cccc(Cl)c1. The predicted molar refractivity (Wildman–Crippen MR) is 101 cm³/mol. The van der Waals surface area contributed by atoms with Gasteiger partial charge in [0.2, 0.25) is 0 Å². The highest BCUT2D eigenvalue weighted by Crippen LogP contribution is 2.33. The molecule has 2 aromatic rings. The summed E-state index contributed by atoms with van der Waals surface area (Å²) in [6.45, 7) is 1.93. The second kappa shape index (κ2) is 7.81. The summed E-state index contributed by atoms with van der Waals surface area (Å²) in [5, 5.41) is 6.46. The maximum atomic E-state index is 12.7. The van der Waals surface area contributed by atoms with Crippen molar-refractivity contribution >= 4 is 40.9 Å². The summed E-state index contributed by atoms with van der Waals surface area (Å²) in [7, 11) is 0. The molecule has 0 fully saturated rings. The Balaban J connectivity index is 2.20. The van der Waals surface area contributed by atoms with Crippen molar-refractivity contribution < 1.29 is 14.3 Å². The van der Waals surface area contributed by atoms with Gasteiger partial charge in [-0.15, -0.1) is 0 Å². The zero-order chi connectivity index (χ0) is 18.7. The maximum absolute atomic E-state index is 12.7. The molecule has 1 aliphatic heterocycles. The Morgan fingerprint density at radius 2 is 1.81 bits per heavy atom. The first-order valence-electron chi connectivity index (χ1n) is 7.99. The highest BCUT2D eigenvalue weighted by molar-refractivity contribution is 6.31. The number of carbonyl (C=O) groups excluding carboxylic acids is 2. The topological polar surface area (TPSA) is 67.4 Å². The Hall–Kier alpha value is -2.50. The van der Waals surface area contributed by atoms with Crippen molar-refractivity contribution in [2.75, 3.05) is 6.61 Å². The molecule has 1 heterocycles. The number of nitrogens with one attached hydrogen (secondary N) is 2. The van der Waals surface area contributed by atoms with Crippen molar-refractivity contribution in [3.63, 3.8) is 0 Å². The van der Waals surface area contributed by atoms with Crippen LogP contribution in [-0.2, 0) is 9.53 Å². The monoisotopic (exact) mass is 390 g/mol. The number of benzene rings is 2. The van der Waals surface area contributed by atoms with E-state index in [0.29, 0.717) is 26.9 Å². The third-order valence-corrected chi connectivity index (χ3v) is 4.33. The summed E-state index contributed by atoms with van der Waals surface area (Å²) in [6, 6.07) is 12.7. The molecular formula is C19H16Cl2N2O3. The van der Waals surface area contributed by atoms with Gasteiger partial charge in [0.1, 0.15) is 0 Å². The Bertz CT molecular complexity index is 896. The van der Waals surface area contributed by atoms with E-state index in [4.69, 9.17) is 27.9 Å². The van der Waals surface area contributed by atoms with Gasteiger partial charge in [-0.2, -0.15) is 0 Å². The lowest BCUT2D eigenvalue weighted by Gasteiger charge is -2.29. The first kappa shape index (κ1) is 18.3. The summed E-state index contributed by atoms with van der Waals surface area (Å²) in [5.74, 6) is -0.528. The molecule has 0 bridgehead atoms. The average Bonchev–Trinajstić information content (AvgIpc) is 2.61. The fourth-order valence-electron chi connectivity index (χ4n) is 2.80. The third kappa shape index (κ3) is 3.84. The molecule has 1 aliphatic rings. The van der Waals surface area contributed by atoms with Crippen LogP contribution < -0.4 is 10.6 Å². The van der Waals surface area contributed by atoms with Crippen molar-refractivity contribution in [1.29, 1.82) is 0 Å². The molecule has 1 atom stereocenters. The normalized spacial score (nSPS) is 16.7. The standard InChI is InChI=1S/C19H16Cl2N2O3/c1-2-26-18(24)15-16(11-5-3-7-13(20)9-11)22-19(25)23-17(15)12-6-4-8-14(21)10-12/h3-10,16H,2H2,1H3,(H2,22,23,25)/t16-/m1/s1. The smallest absolute Gasteiger partial charge is 0.338 e. The molecule has 134 valence electrons. The molecule has 2 amide bonds. The number of esters is 1. The lowest BCUT2D eigenvalue weighted by molar-refractivity contribution is -0.138. The molecule has 0 aromatic heterocycles. The summed E-state index contributed by atoms with van der Waals surface area (Å²) < 4.78 is 5.23. The van der Waals surface area contributed by atoms with Gasteiger partial charge in [0.15, 0.2) is 0 Å². The second-order valence-corrected chi connectivity index (χ2v) is 6.48. The van der Waals surface area contributed by atoms with Gasteiger partial charge in [-0.1, -0.05) is 47.5 Å². The Kier molecular flexibility index (Phi) is 5.49. The minimum absolute atomic E-state index is 0.210. The van der Waals surface area contributed by atoms with Crippen LogP contribution in [0.25, 0.3) is 5.70 Å². The van der Waals surface area contributed by atoms with E-state index >= 15 is 0 Å². The molecule has 0 aliphatic carbocycles. The fraction of sp³-hybridized carbons (Fsp3) is 0.158. The Labute approximate surface area is 160 Å². The summed E-state index contributed by atoms with van der Waals surface area (Å²) in [5.41, 5.74) is 1.94. The van der Waals surface area contributed by atoms with Crippen molar-refractivity contribution in [3.8, 4) is 0 Å². The third-order valence-electron chi connectivity index (χ3n) is 3.86. The number of hydrogen-bond acceptors (Lipinski definition) is 3. The molecule has 3 rings (SSSR count). The van der Waals surface area contributed by atoms with Crippen LogP contribution in [0.5, 0.6) is 0 Å². The number of hydrogen-bond donors (Lipinski definition) is 2. The van der Waals surface area contributed by atoms with E-state index in [1.807, 2.05) is 0 Å². The zero-order valence-corrected chi connectivity index (χ0v) is 15.4. The lowest BCUT2D eigenvalue weighted by atomic mass is 9.92. The summed E-state index contributed by atoms with van der Waals surface area (Å²) >= 11 is 12.2. The van der Waals surface area contributed by atoms with Crippen molar-refractivity contribution in [1.82, 2.24) is 10.6 Å². The van der Waals surface area contributed by atoms with E-state index in [1.54, 1.807) is 55.5 Å². The Morgan fingerprint density at radius 1 is 1.12 bits per heavy atom. The first-order chi connectivity index (χ1) is 12.5. The molecule has 26 heavy (non-hydrogen) atoms. The van der Waals surface area contributed by atoms with Crippen molar-refractivity contribution in [3.05, 3.63) is 75.3 Å². The number of urea groups is 1. The van der Waals surface area contributed by atoms with E-state index < -0.39 is 18.0 Å². The maximum Gasteiger partial charge on any atom is 0.338 e. The molecule has 5 nitrogen and oxygen atoms in total. The lowest BCUT2D eigenvalue weighted by Crippen LogP contribution is -2.45. The van der Waals surface area contributed by atoms with Gasteiger partial charge in [0.25, 0.3) is 0 Å².